The summed E-state index contributed by atoms with van der Waals surface area (Å²) in [5.74, 6) is -0.353. The predicted octanol–water partition coefficient (Wildman–Crippen LogP) is 9.14. The maximum atomic E-state index is 15.1. The zero-order chi connectivity index (χ0) is 61.9. The van der Waals surface area contributed by atoms with E-state index in [1.165, 1.54) is 59.7 Å². The number of alkyl halides is 1. The Morgan fingerprint density at radius 1 is 0.921 bits per heavy atom. The quantitative estimate of drug-likeness (QED) is 0.0631. The molecule has 5 amide bonds. The minimum atomic E-state index is -1.99. The van der Waals surface area contributed by atoms with Crippen molar-refractivity contribution in [3.05, 3.63) is 124 Å². The molecule has 3 atom stereocenters. The van der Waals surface area contributed by atoms with Crippen LogP contribution in [-0.4, -0.2) is 150 Å². The second-order valence-corrected chi connectivity index (χ2v) is 28.5. The zero-order valence-electron chi connectivity index (χ0n) is 51.2. The number of likely N-dealkylation sites (tertiary alicyclic amines) is 3. The lowest BCUT2D eigenvalue weighted by atomic mass is 9.72. The fourth-order valence-electron chi connectivity index (χ4n) is 13.8. The Bertz CT molecular complexity index is 3840. The second-order valence-electron chi connectivity index (χ2n) is 26.6. The number of amides is 5. The molecule has 0 bridgehead atoms. The molecule has 13 rings (SSSR count). The normalized spacial score (nSPS) is 20.0. The lowest BCUT2D eigenvalue weighted by molar-refractivity contribution is -0.145. The first kappa shape index (κ1) is 60.3. The molecule has 0 unspecified atom stereocenters. The number of hydrogen-bond acceptors (Lipinski definition) is 15. The average molecular weight is 1250 g/mol. The summed E-state index contributed by atoms with van der Waals surface area (Å²) in [5.41, 5.74) is 7.99. The van der Waals surface area contributed by atoms with Crippen LogP contribution >= 0.6 is 22.7 Å². The van der Waals surface area contributed by atoms with E-state index in [9.17, 15) is 28.7 Å². The van der Waals surface area contributed by atoms with Gasteiger partial charge in [-0.1, -0.05) is 87.8 Å². The van der Waals surface area contributed by atoms with Gasteiger partial charge in [-0.25, -0.2) is 19.3 Å². The van der Waals surface area contributed by atoms with Crippen molar-refractivity contribution in [2.24, 2.45) is 16.7 Å². The van der Waals surface area contributed by atoms with Crippen molar-refractivity contribution in [1.29, 1.82) is 0 Å². The first-order valence-corrected chi connectivity index (χ1v) is 33.0. The third-order valence-electron chi connectivity index (χ3n) is 19.0. The average Bonchev–Trinajstić information content (AvgIpc) is 1.67. The fraction of sp³-hybridized carbons (Fsp3) is 0.478. The van der Waals surface area contributed by atoms with Gasteiger partial charge >= 0.3 is 0 Å². The van der Waals surface area contributed by atoms with Gasteiger partial charge < -0.3 is 35.2 Å². The smallest absolute Gasteiger partial charge is 0.273 e. The summed E-state index contributed by atoms with van der Waals surface area (Å²) < 4.78 is 24.5. The van der Waals surface area contributed by atoms with Crippen LogP contribution in [0.2, 0.25) is 0 Å². The molecule has 466 valence electrons. The van der Waals surface area contributed by atoms with Gasteiger partial charge in [0.15, 0.2) is 10.8 Å². The number of carbonyl (C=O) groups is 5. The van der Waals surface area contributed by atoms with E-state index >= 15 is 4.79 Å². The van der Waals surface area contributed by atoms with Gasteiger partial charge in [-0.05, 0) is 110 Å². The third kappa shape index (κ3) is 12.4. The summed E-state index contributed by atoms with van der Waals surface area (Å²) in [4.78, 5) is 93.2. The number of carbonyl (C=O) groups excluding carboxylic acids is 5. The highest BCUT2D eigenvalue weighted by Crippen LogP contribution is 2.43. The third-order valence-corrected chi connectivity index (χ3v) is 20.9. The monoisotopic (exact) mass is 1240 g/mol. The van der Waals surface area contributed by atoms with Crippen molar-refractivity contribution in [2.45, 2.75) is 136 Å². The van der Waals surface area contributed by atoms with Crippen LogP contribution in [0.4, 0.5) is 15.3 Å². The minimum absolute atomic E-state index is 0.0100. The van der Waals surface area contributed by atoms with Crippen molar-refractivity contribution < 1.29 is 38.2 Å². The largest absolute Gasteiger partial charge is 0.492 e. The Kier molecular flexibility index (Phi) is 16.4. The fourth-order valence-corrected chi connectivity index (χ4v) is 15.4. The molecule has 3 aromatic carbocycles. The molecule has 4 aromatic heterocycles. The van der Waals surface area contributed by atoms with E-state index in [2.05, 4.69) is 53.4 Å². The summed E-state index contributed by atoms with van der Waals surface area (Å²) in [6.07, 6.45) is 7.99. The molecule has 22 heteroatoms. The Morgan fingerprint density at radius 2 is 1.72 bits per heavy atom. The van der Waals surface area contributed by atoms with Gasteiger partial charge in [0.2, 0.25) is 11.8 Å². The number of aliphatic hydroxyl groups is 1. The number of pyridine rings is 1. The maximum absolute atomic E-state index is 15.1. The number of benzene rings is 3. The van der Waals surface area contributed by atoms with E-state index < -0.39 is 47.0 Å². The standard InChI is InChI=1S/C67H77FN12O7S2/c1-40-57(88-39-70-40)44-18-19-45(30-69-60(83)52-29-46(81)33-79(52)62(85)58(65(3,4)5)74-63(86)67(68)23-24-67)53(28-44)87-27-26-76-35-66(36-76)37-78(38-66)61(84)56-47(49-31-71-80(41(49)2)32-42-12-7-6-8-13-42)20-21-55(73-56)77-25-22-43-14-11-15-48(50(43)34-77)59(82)75-64-72-51-16-9-10-17-54(51)89-64/h9-11,14-21,28,31,39,42,46,52,58,81H,6-8,12-13,22-27,29-30,32-38H2,1-5H3,(H,69,83)(H,74,86)(H,72,75,82)/t46-,52+,58-/m1/s1. The number of β-amino-alcohol motifs (C(OH)–C–C–N with tert-alkyl or cyclic N) is 1. The van der Waals surface area contributed by atoms with E-state index in [1.807, 2.05) is 84.8 Å². The Labute approximate surface area is 525 Å². The SMILES string of the molecule is Cc1ncsc1-c1ccc(CNC(=O)[C@@H]2C[C@@H](O)CN2C(=O)[C@@H](NC(=O)C2(F)CC2)C(C)(C)C)c(OCCN2CC3(C2)CN(C(=O)c2nc(N4CCc5cccc(C(=O)Nc6nc7ccccc7s6)c5C4)ccc2-c2cnn(CC4CCCCC4)c2C)C3)c1. The van der Waals surface area contributed by atoms with Gasteiger partial charge in [0.05, 0.1) is 38.6 Å². The lowest BCUT2D eigenvalue weighted by Crippen LogP contribution is -2.73. The molecule has 2 saturated carbocycles. The number of ether oxygens (including phenoxy) is 1. The summed E-state index contributed by atoms with van der Waals surface area (Å²) in [5, 5.41) is 24.9. The lowest BCUT2D eigenvalue weighted by Gasteiger charge is -2.60. The highest BCUT2D eigenvalue weighted by atomic mass is 32.1. The number of fused-ring (bicyclic) bond motifs is 2. The second kappa shape index (κ2) is 24.3. The van der Waals surface area contributed by atoms with Crippen LogP contribution in [-0.2, 0) is 40.4 Å². The number of para-hydroxylation sites is 1. The van der Waals surface area contributed by atoms with Crippen LogP contribution in [0.5, 0.6) is 5.75 Å². The highest BCUT2D eigenvalue weighted by Gasteiger charge is 2.55. The number of halogens is 1. The van der Waals surface area contributed by atoms with Gasteiger partial charge in [-0.2, -0.15) is 5.10 Å². The van der Waals surface area contributed by atoms with Gasteiger partial charge in [-0.15, -0.1) is 11.3 Å². The molecular weight excluding hydrogens is 1170 g/mol. The number of anilines is 2. The van der Waals surface area contributed by atoms with E-state index in [1.54, 1.807) is 26.3 Å². The highest BCUT2D eigenvalue weighted by molar-refractivity contribution is 7.22. The molecule has 1 spiro atoms. The number of nitrogens with one attached hydrogen (secondary N) is 3. The molecule has 19 nitrogen and oxygen atoms in total. The van der Waals surface area contributed by atoms with Crippen LogP contribution in [0.1, 0.15) is 121 Å². The molecule has 4 aliphatic heterocycles. The Hall–Kier alpha value is -7.66. The number of nitrogens with zero attached hydrogens (tertiary/aromatic N) is 9. The Balaban J connectivity index is 0.673. The molecule has 4 N–H and O–H groups in total. The number of rotatable bonds is 18. The number of aliphatic hydroxyl groups excluding tert-OH is 1. The van der Waals surface area contributed by atoms with Crippen LogP contribution < -0.4 is 25.6 Å². The number of hydrogen-bond donors (Lipinski definition) is 4. The van der Waals surface area contributed by atoms with Gasteiger partial charge in [0, 0.05) is 105 Å². The summed E-state index contributed by atoms with van der Waals surface area (Å²) in [7, 11) is 0. The number of aryl methyl sites for hydroxylation is 1. The topological polar surface area (TPSA) is 220 Å². The van der Waals surface area contributed by atoms with Crippen molar-refractivity contribution in [3.63, 3.8) is 0 Å². The van der Waals surface area contributed by atoms with E-state index in [4.69, 9.17) is 14.8 Å². The van der Waals surface area contributed by atoms with Crippen LogP contribution in [0.25, 0.3) is 31.8 Å². The van der Waals surface area contributed by atoms with E-state index in [-0.39, 0.29) is 49.6 Å². The first-order valence-electron chi connectivity index (χ1n) is 31.3. The van der Waals surface area contributed by atoms with Gasteiger partial charge in [-0.3, -0.25) is 38.9 Å². The molecule has 7 aromatic rings. The van der Waals surface area contributed by atoms with E-state index in [0.29, 0.717) is 85.2 Å². The molecule has 3 saturated heterocycles. The molecule has 6 aliphatic rings. The van der Waals surface area contributed by atoms with Crippen LogP contribution in [0.3, 0.4) is 0 Å². The first-order chi connectivity index (χ1) is 42.8. The molecule has 0 radical (unpaired) electrons. The molecule has 5 fully saturated rings. The molecular formula is C67H77FN12O7S2. The van der Waals surface area contributed by atoms with Crippen molar-refractivity contribution in [3.8, 4) is 27.3 Å². The molecule has 8 heterocycles. The molecule has 89 heavy (non-hydrogen) atoms. The predicted molar refractivity (Wildman–Crippen MR) is 341 cm³/mol. The summed E-state index contributed by atoms with van der Waals surface area (Å²) >= 11 is 2.97. The van der Waals surface area contributed by atoms with Crippen molar-refractivity contribution in [1.82, 2.24) is 50.1 Å². The van der Waals surface area contributed by atoms with Crippen LogP contribution in [0, 0.1) is 30.6 Å². The maximum Gasteiger partial charge on any atom is 0.273 e. The van der Waals surface area contributed by atoms with Crippen molar-refractivity contribution in [2.75, 3.05) is 62.6 Å². The van der Waals surface area contributed by atoms with Gasteiger partial charge in [0.1, 0.15) is 36.0 Å². The zero-order valence-corrected chi connectivity index (χ0v) is 52.8. The minimum Gasteiger partial charge on any atom is -0.492 e. The number of aromatic nitrogens is 5. The van der Waals surface area contributed by atoms with E-state index in [0.717, 1.165) is 73.9 Å². The summed E-state index contributed by atoms with van der Waals surface area (Å²) in [6.45, 7) is 15.0. The summed E-state index contributed by atoms with van der Waals surface area (Å²) in [6, 6.07) is 21.5. The number of thiazole rings is 2. The van der Waals surface area contributed by atoms with Gasteiger partial charge in [0.25, 0.3) is 17.7 Å². The molecule has 2 aliphatic carbocycles. The Morgan fingerprint density at radius 3 is 2.47 bits per heavy atom. The van der Waals surface area contributed by atoms with Crippen molar-refractivity contribution >= 4 is 73.4 Å². The van der Waals surface area contributed by atoms with Crippen LogP contribution in [0.15, 0.2) is 84.5 Å².